The van der Waals surface area contributed by atoms with Gasteiger partial charge in [-0.3, -0.25) is 0 Å². The fraction of sp³-hybridized carbons (Fsp3) is 0.800. The first-order valence-corrected chi connectivity index (χ1v) is 5.27. The topological polar surface area (TPSA) is 78.4 Å². The lowest BCUT2D eigenvalue weighted by Gasteiger charge is -2.27. The van der Waals surface area contributed by atoms with E-state index in [2.05, 4.69) is 5.32 Å². The number of carboxylic acids is 1. The zero-order chi connectivity index (χ0) is 14.6. The molecule has 5 nitrogen and oxygen atoms in total. The highest BCUT2D eigenvalue weighted by atomic mass is 19.4. The molecule has 1 atom stereocenters. The van der Waals surface area contributed by atoms with E-state index in [-0.39, 0.29) is 0 Å². The van der Waals surface area contributed by atoms with Crippen LogP contribution in [0.4, 0.5) is 18.0 Å². The fourth-order valence-corrected chi connectivity index (χ4v) is 1.15. The minimum Gasteiger partial charge on any atom is -0.480 e. The number of halogens is 3. The molecule has 0 bridgehead atoms. The van der Waals surface area contributed by atoms with Gasteiger partial charge in [-0.2, -0.15) is 13.2 Å². The van der Waals surface area contributed by atoms with E-state index < -0.39 is 42.6 Å². The summed E-state index contributed by atoms with van der Waals surface area (Å²) in [6, 6.07) is -2.11. The van der Waals surface area contributed by atoms with Gasteiger partial charge in [0.15, 0.2) is 0 Å². The van der Waals surface area contributed by atoms with Crippen molar-refractivity contribution in [2.45, 2.75) is 39.4 Å². The second-order valence-electron chi connectivity index (χ2n) is 4.90. The van der Waals surface area contributed by atoms with Crippen LogP contribution in [0.25, 0.3) is 0 Å². The minimum absolute atomic E-state index is 0.591. The molecule has 0 aromatic heterocycles. The summed E-state index contributed by atoms with van der Waals surface area (Å²) in [7, 11) is 0. The Kier molecular flexibility index (Phi) is 5.44. The van der Waals surface area contributed by atoms with Gasteiger partial charge in [0.1, 0.15) is 6.04 Å². The summed E-state index contributed by atoms with van der Waals surface area (Å²) in [4.78, 5) is 22.1. The van der Waals surface area contributed by atoms with Crippen molar-refractivity contribution in [2.75, 3.05) is 6.54 Å². The predicted octanol–water partition coefficient (Wildman–Crippen LogP) is 1.74. The van der Waals surface area contributed by atoms with E-state index in [0.717, 1.165) is 0 Å². The van der Waals surface area contributed by atoms with Crippen LogP contribution < -0.4 is 10.6 Å². The van der Waals surface area contributed by atoms with Gasteiger partial charge in [-0.25, -0.2) is 9.59 Å². The molecule has 0 aliphatic heterocycles. The van der Waals surface area contributed by atoms with Gasteiger partial charge in [0, 0.05) is 6.54 Å². The Morgan fingerprint density at radius 2 is 1.72 bits per heavy atom. The van der Waals surface area contributed by atoms with Gasteiger partial charge in [-0.05, 0) is 5.41 Å². The maximum absolute atomic E-state index is 11.8. The van der Waals surface area contributed by atoms with Crippen LogP contribution in [-0.2, 0) is 4.79 Å². The number of alkyl halides is 3. The molecule has 2 amide bonds. The molecule has 0 rings (SSSR count). The maximum Gasteiger partial charge on any atom is 0.390 e. The first-order chi connectivity index (χ1) is 7.93. The molecule has 0 saturated heterocycles. The largest absolute Gasteiger partial charge is 0.480 e. The number of urea groups is 1. The number of nitrogens with one attached hydrogen (secondary N) is 2. The Bertz CT molecular complexity index is 310. The molecule has 3 N–H and O–H groups in total. The lowest BCUT2D eigenvalue weighted by Crippen LogP contribution is -2.52. The van der Waals surface area contributed by atoms with Crippen LogP contribution >= 0.6 is 0 Å². The highest BCUT2D eigenvalue weighted by molar-refractivity contribution is 5.83. The molecule has 0 aromatic carbocycles. The summed E-state index contributed by atoms with van der Waals surface area (Å²) in [5, 5.41) is 13.0. The second kappa shape index (κ2) is 5.92. The summed E-state index contributed by atoms with van der Waals surface area (Å²) in [6.07, 6.45) is -5.52. The van der Waals surface area contributed by atoms with Crippen molar-refractivity contribution >= 4 is 12.0 Å². The van der Waals surface area contributed by atoms with E-state index in [1.54, 1.807) is 20.8 Å². The molecular formula is C10H17F3N2O3. The number of hydrogen-bond donors (Lipinski definition) is 3. The van der Waals surface area contributed by atoms with Crippen molar-refractivity contribution in [3.8, 4) is 0 Å². The smallest absolute Gasteiger partial charge is 0.390 e. The third kappa shape index (κ3) is 6.97. The first-order valence-electron chi connectivity index (χ1n) is 5.27. The van der Waals surface area contributed by atoms with Gasteiger partial charge in [-0.15, -0.1) is 0 Å². The molecule has 18 heavy (non-hydrogen) atoms. The van der Waals surface area contributed by atoms with Crippen molar-refractivity contribution in [1.29, 1.82) is 0 Å². The van der Waals surface area contributed by atoms with E-state index in [9.17, 15) is 22.8 Å². The SMILES string of the molecule is CC(C)(C)[C@H](NC(=O)NCCC(F)(F)F)C(=O)O. The third-order valence-corrected chi connectivity index (χ3v) is 2.08. The van der Waals surface area contributed by atoms with Gasteiger partial charge in [0.25, 0.3) is 0 Å². The van der Waals surface area contributed by atoms with Crippen LogP contribution in [0.5, 0.6) is 0 Å². The van der Waals surface area contributed by atoms with Crippen LogP contribution in [0.15, 0.2) is 0 Å². The molecule has 0 radical (unpaired) electrons. The number of amides is 2. The molecule has 0 saturated carbocycles. The van der Waals surface area contributed by atoms with Crippen molar-refractivity contribution in [3.63, 3.8) is 0 Å². The Labute approximate surface area is 103 Å². The normalized spacial score (nSPS) is 13.9. The number of carboxylic acid groups (broad SMARTS) is 1. The van der Waals surface area contributed by atoms with Gasteiger partial charge in [0.2, 0.25) is 0 Å². The number of aliphatic carboxylic acids is 1. The van der Waals surface area contributed by atoms with Crippen molar-refractivity contribution < 1.29 is 27.9 Å². The van der Waals surface area contributed by atoms with Crippen molar-refractivity contribution in [3.05, 3.63) is 0 Å². The van der Waals surface area contributed by atoms with E-state index >= 15 is 0 Å². The predicted molar refractivity (Wildman–Crippen MR) is 58.1 cm³/mol. The Hall–Kier alpha value is -1.47. The van der Waals surface area contributed by atoms with Gasteiger partial charge >= 0.3 is 18.2 Å². The highest BCUT2D eigenvalue weighted by Gasteiger charge is 2.33. The quantitative estimate of drug-likeness (QED) is 0.728. The van der Waals surface area contributed by atoms with Crippen LogP contribution in [0, 0.1) is 5.41 Å². The molecule has 0 aliphatic rings. The standard InChI is InChI=1S/C10H17F3N2O3/c1-9(2,3)6(7(16)17)15-8(18)14-5-4-10(11,12)13/h6H,4-5H2,1-3H3,(H,16,17)(H2,14,15,18)/t6-/m1/s1. The van der Waals surface area contributed by atoms with E-state index in [1.165, 1.54) is 0 Å². The van der Waals surface area contributed by atoms with Crippen LogP contribution in [0.2, 0.25) is 0 Å². The molecular weight excluding hydrogens is 253 g/mol. The van der Waals surface area contributed by atoms with E-state index in [4.69, 9.17) is 5.11 Å². The molecule has 0 unspecified atom stereocenters. The Morgan fingerprint density at radius 1 is 1.22 bits per heavy atom. The zero-order valence-corrected chi connectivity index (χ0v) is 10.4. The third-order valence-electron chi connectivity index (χ3n) is 2.08. The molecule has 0 heterocycles. The molecule has 0 fully saturated rings. The number of carbonyl (C=O) groups is 2. The number of rotatable bonds is 4. The number of hydrogen-bond acceptors (Lipinski definition) is 2. The summed E-state index contributed by atoms with van der Waals surface area (Å²) in [5.74, 6) is -1.24. The average Bonchev–Trinajstić information content (AvgIpc) is 2.09. The summed E-state index contributed by atoms with van der Waals surface area (Å²) < 4.78 is 35.5. The van der Waals surface area contributed by atoms with Gasteiger partial charge in [-0.1, -0.05) is 20.8 Å². The summed E-state index contributed by atoms with van der Waals surface area (Å²) in [6.45, 7) is 4.21. The minimum atomic E-state index is -4.36. The first kappa shape index (κ1) is 16.5. The monoisotopic (exact) mass is 270 g/mol. The van der Waals surface area contributed by atoms with Gasteiger partial charge < -0.3 is 15.7 Å². The van der Waals surface area contributed by atoms with E-state index in [1.807, 2.05) is 5.32 Å². The van der Waals surface area contributed by atoms with Gasteiger partial charge in [0.05, 0.1) is 6.42 Å². The molecule has 0 aliphatic carbocycles. The molecule has 0 aromatic rings. The summed E-state index contributed by atoms with van der Waals surface area (Å²) >= 11 is 0. The number of carbonyl (C=O) groups excluding carboxylic acids is 1. The van der Waals surface area contributed by atoms with Crippen LogP contribution in [0.1, 0.15) is 27.2 Å². The van der Waals surface area contributed by atoms with Crippen LogP contribution in [0.3, 0.4) is 0 Å². The lowest BCUT2D eigenvalue weighted by atomic mass is 9.87. The Balaban J connectivity index is 4.25. The van der Waals surface area contributed by atoms with Crippen molar-refractivity contribution in [2.24, 2.45) is 5.41 Å². The fourth-order valence-electron chi connectivity index (χ4n) is 1.15. The second-order valence-corrected chi connectivity index (χ2v) is 4.90. The van der Waals surface area contributed by atoms with Crippen LogP contribution in [-0.4, -0.2) is 35.9 Å². The maximum atomic E-state index is 11.8. The highest BCUT2D eigenvalue weighted by Crippen LogP contribution is 2.20. The zero-order valence-electron chi connectivity index (χ0n) is 10.4. The van der Waals surface area contributed by atoms with E-state index in [0.29, 0.717) is 0 Å². The molecule has 0 spiro atoms. The summed E-state index contributed by atoms with van der Waals surface area (Å²) in [5.41, 5.74) is -0.743. The lowest BCUT2D eigenvalue weighted by molar-refractivity contribution is -0.142. The molecule has 106 valence electrons. The van der Waals surface area contributed by atoms with Crippen molar-refractivity contribution in [1.82, 2.24) is 10.6 Å². The average molecular weight is 270 g/mol. The Morgan fingerprint density at radius 3 is 2.06 bits per heavy atom. The molecule has 8 heteroatoms.